The summed E-state index contributed by atoms with van der Waals surface area (Å²) in [6.45, 7) is 2.23. The minimum atomic E-state index is -4.64. The Labute approximate surface area is 186 Å². The molecule has 1 aliphatic carbocycles. The number of halogens is 5. The highest BCUT2D eigenvalue weighted by molar-refractivity contribution is 5.54. The van der Waals surface area contributed by atoms with Crippen LogP contribution in [0.1, 0.15) is 80.0 Å². The third kappa shape index (κ3) is 6.95. The molecule has 1 fully saturated rings. The van der Waals surface area contributed by atoms with Gasteiger partial charge in [0.05, 0.1) is 0 Å². The summed E-state index contributed by atoms with van der Waals surface area (Å²) >= 11 is 0. The third-order valence-electron chi connectivity index (χ3n) is 6.06. The summed E-state index contributed by atoms with van der Waals surface area (Å²) < 4.78 is 64.8. The molecule has 0 aromatic heterocycles. The van der Waals surface area contributed by atoms with Gasteiger partial charge >= 0.3 is 6.18 Å². The Hall–Kier alpha value is -2.61. The second-order valence-corrected chi connectivity index (χ2v) is 8.46. The Balaban J connectivity index is 1.65. The van der Waals surface area contributed by atoms with E-state index in [1.807, 2.05) is 12.1 Å². The second-order valence-electron chi connectivity index (χ2n) is 8.46. The molecule has 0 radical (unpaired) electrons. The maximum absolute atomic E-state index is 14.0. The van der Waals surface area contributed by atoms with Crippen LogP contribution in [0.25, 0.3) is 6.08 Å². The lowest BCUT2D eigenvalue weighted by molar-refractivity contribution is -0.0790. The smallest absolute Gasteiger partial charge is 0.206 e. The van der Waals surface area contributed by atoms with Gasteiger partial charge in [0.25, 0.3) is 0 Å². The molecule has 0 N–H and O–H groups in total. The maximum Gasteiger partial charge on any atom is 0.409 e. The van der Waals surface area contributed by atoms with E-state index in [0.29, 0.717) is 17.6 Å². The summed E-state index contributed by atoms with van der Waals surface area (Å²) in [4.78, 5) is 0. The normalized spacial score (nSPS) is 19.1. The van der Waals surface area contributed by atoms with Crippen LogP contribution < -0.4 is 0 Å². The van der Waals surface area contributed by atoms with Crippen LogP contribution in [0.15, 0.2) is 42.5 Å². The van der Waals surface area contributed by atoms with Gasteiger partial charge in [0.1, 0.15) is 11.6 Å². The Morgan fingerprint density at radius 1 is 0.906 bits per heavy atom. The summed E-state index contributed by atoms with van der Waals surface area (Å²) in [6, 6.07) is 9.81. The van der Waals surface area contributed by atoms with E-state index in [-0.39, 0.29) is 11.6 Å². The van der Waals surface area contributed by atoms with Gasteiger partial charge < -0.3 is 0 Å². The van der Waals surface area contributed by atoms with E-state index in [1.54, 1.807) is 0 Å². The number of alkyl halides is 3. The van der Waals surface area contributed by atoms with Crippen molar-refractivity contribution in [3.8, 4) is 11.8 Å². The molecule has 170 valence electrons. The third-order valence-corrected chi connectivity index (χ3v) is 6.06. The van der Waals surface area contributed by atoms with Gasteiger partial charge in [-0.25, -0.2) is 8.78 Å². The fourth-order valence-electron chi connectivity index (χ4n) is 4.25. The number of hydrogen-bond acceptors (Lipinski definition) is 0. The second kappa shape index (κ2) is 10.8. The lowest BCUT2D eigenvalue weighted by Gasteiger charge is -2.28. The van der Waals surface area contributed by atoms with Gasteiger partial charge in [-0.3, -0.25) is 0 Å². The van der Waals surface area contributed by atoms with Gasteiger partial charge in [-0.1, -0.05) is 50.2 Å². The van der Waals surface area contributed by atoms with Crippen molar-refractivity contribution in [1.82, 2.24) is 0 Å². The molecule has 0 unspecified atom stereocenters. The van der Waals surface area contributed by atoms with Crippen LogP contribution in [0.4, 0.5) is 22.0 Å². The average Bonchev–Trinajstić information content (AvgIpc) is 2.76. The Morgan fingerprint density at radius 2 is 1.50 bits per heavy atom. The predicted octanol–water partition coefficient (Wildman–Crippen LogP) is 8.40. The number of rotatable bonds is 5. The summed E-state index contributed by atoms with van der Waals surface area (Å²) in [5, 5.41) is 0. The average molecular weight is 447 g/mol. The van der Waals surface area contributed by atoms with Crippen LogP contribution in [-0.2, 0) is 0 Å². The van der Waals surface area contributed by atoms with Crippen molar-refractivity contribution in [1.29, 1.82) is 0 Å². The lowest BCUT2D eigenvalue weighted by Crippen LogP contribution is -2.13. The molecule has 32 heavy (non-hydrogen) atoms. The zero-order chi connectivity index (χ0) is 23.1. The van der Waals surface area contributed by atoms with E-state index in [4.69, 9.17) is 0 Å². The largest absolute Gasteiger partial charge is 0.409 e. The van der Waals surface area contributed by atoms with Crippen LogP contribution >= 0.6 is 0 Å². The van der Waals surface area contributed by atoms with Gasteiger partial charge in [0.15, 0.2) is 0 Å². The highest BCUT2D eigenvalue weighted by atomic mass is 19.4. The highest BCUT2D eigenvalue weighted by Gasteiger charge is 2.23. The zero-order valence-corrected chi connectivity index (χ0v) is 18.1. The molecule has 2 aromatic rings. The molecule has 0 nitrogen and oxygen atoms in total. The van der Waals surface area contributed by atoms with Gasteiger partial charge in [-0.05, 0) is 73.4 Å². The first-order chi connectivity index (χ1) is 15.2. The van der Waals surface area contributed by atoms with Crippen molar-refractivity contribution in [2.24, 2.45) is 5.92 Å². The molecule has 0 aliphatic heterocycles. The standard InChI is InChI=1S/C27H27F5/c1-2-3-4-19-7-11-22(12-8-19)23-13-9-20(10-14-23)5-6-21-17-25(28)24(26(29)18-21)15-16-27(30,31)32/h9-10,13-19,22H,2-4,7-8,11-12H2,1H3/b16-15+. The van der Waals surface area contributed by atoms with Crippen molar-refractivity contribution in [2.45, 2.75) is 64.0 Å². The Bertz CT molecular complexity index is 958. The van der Waals surface area contributed by atoms with Gasteiger partial charge in [0.2, 0.25) is 0 Å². The van der Waals surface area contributed by atoms with Crippen LogP contribution in [0, 0.1) is 29.4 Å². The van der Waals surface area contributed by atoms with Crippen LogP contribution in [-0.4, -0.2) is 6.18 Å². The van der Waals surface area contributed by atoms with Gasteiger partial charge in [-0.2, -0.15) is 13.2 Å². The Kier molecular flexibility index (Phi) is 8.12. The fourth-order valence-corrected chi connectivity index (χ4v) is 4.25. The van der Waals surface area contributed by atoms with Crippen LogP contribution in [0.5, 0.6) is 0 Å². The Morgan fingerprint density at radius 3 is 2.06 bits per heavy atom. The monoisotopic (exact) mass is 446 g/mol. The first-order valence-corrected chi connectivity index (χ1v) is 11.1. The molecule has 0 bridgehead atoms. The van der Waals surface area contributed by atoms with E-state index in [1.165, 1.54) is 50.5 Å². The number of benzene rings is 2. The van der Waals surface area contributed by atoms with Gasteiger partial charge in [0, 0.05) is 22.8 Å². The minimum Gasteiger partial charge on any atom is -0.206 e. The summed E-state index contributed by atoms with van der Waals surface area (Å²) in [6.07, 6.45) is 4.40. The molecule has 0 spiro atoms. The minimum absolute atomic E-state index is 0.0682. The van der Waals surface area contributed by atoms with E-state index in [2.05, 4.69) is 30.9 Å². The number of hydrogen-bond donors (Lipinski definition) is 0. The van der Waals surface area contributed by atoms with E-state index in [0.717, 1.165) is 18.1 Å². The van der Waals surface area contributed by atoms with Crippen molar-refractivity contribution >= 4 is 6.08 Å². The van der Waals surface area contributed by atoms with E-state index >= 15 is 0 Å². The summed E-state index contributed by atoms with van der Waals surface area (Å²) in [5.74, 6) is 4.81. The molecule has 3 rings (SSSR count). The van der Waals surface area contributed by atoms with Crippen LogP contribution in [0.3, 0.4) is 0 Å². The van der Waals surface area contributed by atoms with Crippen molar-refractivity contribution < 1.29 is 22.0 Å². The summed E-state index contributed by atoms with van der Waals surface area (Å²) in [5.41, 5.74) is 1.34. The topological polar surface area (TPSA) is 0 Å². The van der Waals surface area contributed by atoms with E-state index < -0.39 is 23.4 Å². The number of unbranched alkanes of at least 4 members (excludes halogenated alkanes) is 1. The molecule has 1 aliphatic rings. The lowest BCUT2D eigenvalue weighted by atomic mass is 9.77. The van der Waals surface area contributed by atoms with E-state index in [9.17, 15) is 22.0 Å². The van der Waals surface area contributed by atoms with Crippen molar-refractivity contribution in [3.05, 3.63) is 76.4 Å². The zero-order valence-electron chi connectivity index (χ0n) is 18.1. The molecular formula is C27H27F5. The first kappa shape index (κ1) is 24.0. The molecule has 2 aromatic carbocycles. The molecule has 0 atom stereocenters. The molecule has 0 amide bonds. The molecule has 0 saturated heterocycles. The summed E-state index contributed by atoms with van der Waals surface area (Å²) in [7, 11) is 0. The molecule has 1 saturated carbocycles. The highest BCUT2D eigenvalue weighted by Crippen LogP contribution is 2.37. The molecule has 5 heteroatoms. The molecular weight excluding hydrogens is 419 g/mol. The molecule has 0 heterocycles. The maximum atomic E-state index is 14.0. The van der Waals surface area contributed by atoms with Crippen molar-refractivity contribution in [2.75, 3.05) is 0 Å². The number of allylic oxidation sites excluding steroid dienone is 1. The SMILES string of the molecule is CCCCC1CCC(c2ccc(C#Cc3cc(F)c(/C=C/C(F)(F)F)c(F)c3)cc2)CC1. The quantitative estimate of drug-likeness (QED) is 0.319. The van der Waals surface area contributed by atoms with Gasteiger partial charge in [-0.15, -0.1) is 0 Å². The van der Waals surface area contributed by atoms with Crippen molar-refractivity contribution in [3.63, 3.8) is 0 Å². The predicted molar refractivity (Wildman–Crippen MR) is 118 cm³/mol. The van der Waals surface area contributed by atoms with Crippen LogP contribution in [0.2, 0.25) is 0 Å². The fraction of sp³-hybridized carbons (Fsp3) is 0.407. The first-order valence-electron chi connectivity index (χ1n) is 11.1.